The number of hydrogen-bond donors (Lipinski definition) is 8. The molecule has 0 aromatic carbocycles. The zero-order chi connectivity index (χ0) is 19.5. The van der Waals surface area contributed by atoms with E-state index in [1.807, 2.05) is 0 Å². The number of hydrogen-bond acceptors (Lipinski definition) is 8. The lowest BCUT2D eigenvalue weighted by molar-refractivity contribution is 0.334. The van der Waals surface area contributed by atoms with Crippen LogP contribution in [-0.4, -0.2) is 104 Å². The Hall–Kier alpha value is -0.320. The van der Waals surface area contributed by atoms with Gasteiger partial charge in [-0.3, -0.25) is 0 Å². The van der Waals surface area contributed by atoms with Crippen molar-refractivity contribution < 1.29 is 0 Å². The van der Waals surface area contributed by atoms with Gasteiger partial charge in [0.05, 0.1) is 0 Å². The Bertz CT molecular complexity index is 284. The van der Waals surface area contributed by atoms with Crippen LogP contribution in [0, 0.1) is 0 Å². The lowest BCUT2D eigenvalue weighted by atomic mass is 10.1. The highest BCUT2D eigenvalue weighted by atomic mass is 15.1. The van der Waals surface area contributed by atoms with E-state index in [0.29, 0.717) is 12.1 Å². The van der Waals surface area contributed by atoms with E-state index in [0.717, 1.165) is 91.6 Å². The fourth-order valence-electron chi connectivity index (χ4n) is 3.76. The molecule has 8 nitrogen and oxygen atoms in total. The molecule has 0 radical (unpaired) electrons. The van der Waals surface area contributed by atoms with Crippen molar-refractivity contribution in [2.75, 3.05) is 91.6 Å². The summed E-state index contributed by atoms with van der Waals surface area (Å²) in [7, 11) is 0. The van der Waals surface area contributed by atoms with Gasteiger partial charge in [-0.05, 0) is 78.0 Å². The minimum Gasteiger partial charge on any atom is -0.315 e. The van der Waals surface area contributed by atoms with E-state index in [1.165, 1.54) is 25.7 Å². The smallest absolute Gasteiger partial charge is 0.0359 e. The Morgan fingerprint density at radius 3 is 1.04 bits per heavy atom. The molecule has 2 rings (SSSR count). The molecule has 2 fully saturated rings. The van der Waals surface area contributed by atoms with E-state index >= 15 is 0 Å². The Morgan fingerprint density at radius 1 is 0.321 bits per heavy atom. The van der Waals surface area contributed by atoms with Crippen molar-refractivity contribution in [2.24, 2.45) is 0 Å². The maximum absolute atomic E-state index is 3.83. The molecule has 0 spiro atoms. The molecule has 2 aliphatic heterocycles. The Kier molecular flexibility index (Phi) is 15.0. The summed E-state index contributed by atoms with van der Waals surface area (Å²) >= 11 is 0. The standard InChI is InChI=1S/C20H46N8/c1-5-21-13-15-23-7-3-11-27-19(17-25-9-1)20-18-26-10-2-6-22-14-16-24-8-4-12-28-20/h19-28H,1-18H2/t19-,20-/m0/s1. The van der Waals surface area contributed by atoms with Crippen molar-refractivity contribution in [1.29, 1.82) is 0 Å². The van der Waals surface area contributed by atoms with Crippen LogP contribution in [0.15, 0.2) is 0 Å². The second-order valence-corrected chi connectivity index (χ2v) is 7.94. The number of rotatable bonds is 1. The molecule has 0 saturated carbocycles. The van der Waals surface area contributed by atoms with Gasteiger partial charge in [-0.2, -0.15) is 0 Å². The van der Waals surface area contributed by atoms with Crippen molar-refractivity contribution in [1.82, 2.24) is 42.5 Å². The molecule has 28 heavy (non-hydrogen) atoms. The average Bonchev–Trinajstić information content (AvgIpc) is 2.71. The Morgan fingerprint density at radius 2 is 0.643 bits per heavy atom. The van der Waals surface area contributed by atoms with Crippen LogP contribution >= 0.6 is 0 Å². The molecule has 0 amide bonds. The maximum atomic E-state index is 3.83. The summed E-state index contributed by atoms with van der Waals surface area (Å²) in [6.45, 7) is 15.0. The van der Waals surface area contributed by atoms with Crippen molar-refractivity contribution in [3.63, 3.8) is 0 Å². The van der Waals surface area contributed by atoms with Crippen molar-refractivity contribution >= 4 is 0 Å². The molecule has 2 atom stereocenters. The first-order chi connectivity index (χ1) is 14.0. The minimum atomic E-state index is 0.447. The molecule has 8 heteroatoms. The zero-order valence-electron chi connectivity index (χ0n) is 17.9. The second kappa shape index (κ2) is 17.5. The first kappa shape index (κ1) is 24.0. The summed E-state index contributed by atoms with van der Waals surface area (Å²) < 4.78 is 0. The largest absolute Gasteiger partial charge is 0.315 e. The van der Waals surface area contributed by atoms with E-state index in [-0.39, 0.29) is 0 Å². The summed E-state index contributed by atoms with van der Waals surface area (Å²) in [5.41, 5.74) is 0. The molecular weight excluding hydrogens is 352 g/mol. The van der Waals surface area contributed by atoms with Gasteiger partial charge >= 0.3 is 0 Å². The highest BCUT2D eigenvalue weighted by Gasteiger charge is 2.20. The molecule has 8 N–H and O–H groups in total. The van der Waals surface area contributed by atoms with Gasteiger partial charge in [0.25, 0.3) is 0 Å². The molecule has 0 aromatic heterocycles. The monoisotopic (exact) mass is 398 g/mol. The molecule has 2 aliphatic rings. The van der Waals surface area contributed by atoms with E-state index in [4.69, 9.17) is 0 Å². The van der Waals surface area contributed by atoms with Crippen LogP contribution in [0.25, 0.3) is 0 Å². The molecule has 2 saturated heterocycles. The van der Waals surface area contributed by atoms with E-state index < -0.39 is 0 Å². The maximum Gasteiger partial charge on any atom is 0.0359 e. The predicted octanol–water partition coefficient (Wildman–Crippen LogP) is -1.97. The highest BCUT2D eigenvalue weighted by molar-refractivity contribution is 4.86. The zero-order valence-corrected chi connectivity index (χ0v) is 17.9. The van der Waals surface area contributed by atoms with Crippen LogP contribution in [-0.2, 0) is 0 Å². The summed E-state index contributed by atoms with van der Waals surface area (Å²) in [4.78, 5) is 0. The molecule has 0 aliphatic carbocycles. The summed E-state index contributed by atoms with van der Waals surface area (Å²) in [5, 5.41) is 29.1. The third kappa shape index (κ3) is 12.3. The lowest BCUT2D eigenvalue weighted by Crippen LogP contribution is -2.57. The quantitative estimate of drug-likeness (QED) is 0.258. The predicted molar refractivity (Wildman–Crippen MR) is 119 cm³/mol. The van der Waals surface area contributed by atoms with E-state index in [1.54, 1.807) is 0 Å². The Balaban J connectivity index is 1.82. The number of nitrogens with one attached hydrogen (secondary N) is 8. The van der Waals surface area contributed by atoms with Gasteiger partial charge in [0.15, 0.2) is 0 Å². The van der Waals surface area contributed by atoms with Gasteiger partial charge in [-0.15, -0.1) is 0 Å². The first-order valence-corrected chi connectivity index (χ1v) is 11.7. The first-order valence-electron chi connectivity index (χ1n) is 11.7. The van der Waals surface area contributed by atoms with Gasteiger partial charge in [0, 0.05) is 51.4 Å². The van der Waals surface area contributed by atoms with Crippen LogP contribution < -0.4 is 42.5 Å². The van der Waals surface area contributed by atoms with E-state index in [2.05, 4.69) is 42.5 Å². The van der Waals surface area contributed by atoms with Crippen LogP contribution in [0.1, 0.15) is 25.7 Å². The van der Waals surface area contributed by atoms with Gasteiger partial charge in [0.1, 0.15) is 0 Å². The molecule has 0 bridgehead atoms. The Labute approximate surface area is 172 Å². The topological polar surface area (TPSA) is 96.2 Å². The third-order valence-electron chi connectivity index (χ3n) is 5.46. The van der Waals surface area contributed by atoms with Crippen LogP contribution in [0.2, 0.25) is 0 Å². The second-order valence-electron chi connectivity index (χ2n) is 7.94. The van der Waals surface area contributed by atoms with Crippen molar-refractivity contribution in [2.45, 2.75) is 37.8 Å². The minimum absolute atomic E-state index is 0.447. The summed E-state index contributed by atoms with van der Waals surface area (Å²) in [6, 6.07) is 0.893. The van der Waals surface area contributed by atoms with Crippen molar-refractivity contribution in [3.8, 4) is 0 Å². The fraction of sp³-hybridized carbons (Fsp3) is 1.00. The SMILES string of the molecule is C1CNCCNCCCN[C@H]([C@@H]2CNCCCNCCNCCCN2)CNC1. The van der Waals surface area contributed by atoms with E-state index in [9.17, 15) is 0 Å². The fourth-order valence-corrected chi connectivity index (χ4v) is 3.76. The normalized spacial score (nSPS) is 30.0. The third-order valence-corrected chi connectivity index (χ3v) is 5.46. The average molecular weight is 399 g/mol. The van der Waals surface area contributed by atoms with Gasteiger partial charge in [0.2, 0.25) is 0 Å². The summed E-state index contributed by atoms with van der Waals surface area (Å²) in [6.07, 6.45) is 4.71. The van der Waals surface area contributed by atoms with Gasteiger partial charge in [-0.1, -0.05) is 0 Å². The lowest BCUT2D eigenvalue weighted by Gasteiger charge is -2.30. The van der Waals surface area contributed by atoms with Gasteiger partial charge < -0.3 is 42.5 Å². The van der Waals surface area contributed by atoms with Gasteiger partial charge in [-0.25, -0.2) is 0 Å². The molecule has 2 heterocycles. The molecule has 0 aromatic rings. The van der Waals surface area contributed by atoms with Crippen LogP contribution in [0.5, 0.6) is 0 Å². The van der Waals surface area contributed by atoms with Crippen molar-refractivity contribution in [3.05, 3.63) is 0 Å². The molecular formula is C20H46N8. The highest BCUT2D eigenvalue weighted by Crippen LogP contribution is 1.96. The summed E-state index contributed by atoms with van der Waals surface area (Å²) in [5.74, 6) is 0. The molecule has 166 valence electrons. The van der Waals surface area contributed by atoms with Crippen LogP contribution in [0.4, 0.5) is 0 Å². The van der Waals surface area contributed by atoms with Crippen LogP contribution in [0.3, 0.4) is 0 Å². The molecule has 0 unspecified atom stereocenters.